The molecule has 0 heterocycles. The molecule has 0 fully saturated rings. The lowest BCUT2D eigenvalue weighted by Gasteiger charge is -2.12. The molecule has 2 aromatic rings. The predicted molar refractivity (Wildman–Crippen MR) is 70.3 cm³/mol. The van der Waals surface area contributed by atoms with Gasteiger partial charge in [-0.15, -0.1) is 0 Å². The molecule has 0 aliphatic carbocycles. The zero-order valence-corrected chi connectivity index (χ0v) is 10.6. The molecular weight excluding hydrogens is 247 g/mol. The van der Waals surface area contributed by atoms with Crippen molar-refractivity contribution >= 4 is 6.29 Å². The Balaban J connectivity index is 2.69. The number of hydrogen-bond acceptors (Lipinski definition) is 3. The van der Waals surface area contributed by atoms with Crippen LogP contribution in [0.1, 0.15) is 10.4 Å². The molecule has 98 valence electrons. The van der Waals surface area contributed by atoms with Gasteiger partial charge >= 0.3 is 0 Å². The number of carbonyl (C=O) groups is 1. The van der Waals surface area contributed by atoms with Gasteiger partial charge in [-0.05, 0) is 23.8 Å². The number of methoxy groups -OCH3 is 2. The Morgan fingerprint density at radius 1 is 1.00 bits per heavy atom. The van der Waals surface area contributed by atoms with E-state index in [4.69, 9.17) is 9.47 Å². The van der Waals surface area contributed by atoms with Crippen LogP contribution < -0.4 is 9.47 Å². The molecule has 0 aromatic heterocycles. The molecule has 0 saturated carbocycles. The first-order valence-corrected chi connectivity index (χ1v) is 5.67. The van der Waals surface area contributed by atoms with Gasteiger partial charge < -0.3 is 9.47 Å². The minimum Gasteiger partial charge on any atom is -0.493 e. The van der Waals surface area contributed by atoms with Gasteiger partial charge in [-0.3, -0.25) is 4.79 Å². The highest BCUT2D eigenvalue weighted by atomic mass is 19.1. The molecule has 0 amide bonds. The highest BCUT2D eigenvalue weighted by Gasteiger charge is 2.14. The van der Waals surface area contributed by atoms with E-state index >= 15 is 0 Å². The number of rotatable bonds is 4. The van der Waals surface area contributed by atoms with E-state index in [2.05, 4.69) is 0 Å². The van der Waals surface area contributed by atoms with Gasteiger partial charge in [0.25, 0.3) is 0 Å². The number of ether oxygens (including phenoxy) is 2. The van der Waals surface area contributed by atoms with Crippen LogP contribution in [0.15, 0.2) is 36.4 Å². The monoisotopic (exact) mass is 260 g/mol. The lowest BCUT2D eigenvalue weighted by atomic mass is 9.99. The van der Waals surface area contributed by atoms with Crippen LogP contribution in [0.2, 0.25) is 0 Å². The fourth-order valence-electron chi connectivity index (χ4n) is 1.91. The third kappa shape index (κ3) is 2.42. The van der Waals surface area contributed by atoms with Crippen LogP contribution in [0.5, 0.6) is 11.5 Å². The molecule has 2 rings (SSSR count). The quantitative estimate of drug-likeness (QED) is 0.791. The van der Waals surface area contributed by atoms with Gasteiger partial charge in [-0.2, -0.15) is 0 Å². The highest BCUT2D eigenvalue weighted by molar-refractivity contribution is 5.89. The van der Waals surface area contributed by atoms with Crippen LogP contribution in [0.3, 0.4) is 0 Å². The molecule has 0 aliphatic rings. The van der Waals surface area contributed by atoms with Crippen molar-refractivity contribution in [3.05, 3.63) is 47.8 Å². The molecule has 0 radical (unpaired) electrons. The first kappa shape index (κ1) is 13.1. The lowest BCUT2D eigenvalue weighted by Crippen LogP contribution is -1.96. The Hall–Kier alpha value is -2.36. The summed E-state index contributed by atoms with van der Waals surface area (Å²) in [5, 5.41) is 0. The topological polar surface area (TPSA) is 35.5 Å². The second-order valence-corrected chi connectivity index (χ2v) is 3.89. The molecule has 2 aromatic carbocycles. The van der Waals surface area contributed by atoms with Gasteiger partial charge in [0.2, 0.25) is 0 Å². The second-order valence-electron chi connectivity index (χ2n) is 3.89. The van der Waals surface area contributed by atoms with Crippen molar-refractivity contribution < 1.29 is 18.7 Å². The zero-order valence-electron chi connectivity index (χ0n) is 10.6. The maximum Gasteiger partial charge on any atom is 0.161 e. The van der Waals surface area contributed by atoms with E-state index in [9.17, 15) is 9.18 Å². The lowest BCUT2D eigenvalue weighted by molar-refractivity contribution is 0.112. The molecule has 0 bridgehead atoms. The first-order valence-electron chi connectivity index (χ1n) is 5.67. The van der Waals surface area contributed by atoms with Gasteiger partial charge in [0, 0.05) is 11.1 Å². The van der Waals surface area contributed by atoms with Crippen LogP contribution in [0.4, 0.5) is 4.39 Å². The Morgan fingerprint density at radius 2 is 1.63 bits per heavy atom. The van der Waals surface area contributed by atoms with Crippen LogP contribution in [0, 0.1) is 5.82 Å². The number of carbonyl (C=O) groups excluding carboxylic acids is 1. The van der Waals surface area contributed by atoms with Crippen LogP contribution in [-0.2, 0) is 0 Å². The van der Waals surface area contributed by atoms with Crippen LogP contribution in [0.25, 0.3) is 11.1 Å². The van der Waals surface area contributed by atoms with Crippen LogP contribution >= 0.6 is 0 Å². The summed E-state index contributed by atoms with van der Waals surface area (Å²) in [5.74, 6) is 0.494. The van der Waals surface area contributed by atoms with Crippen molar-refractivity contribution in [3.8, 4) is 22.6 Å². The SMILES string of the molecule is COc1cc(C=O)c(-c2ccccc2F)cc1OC. The minimum atomic E-state index is -0.391. The number of hydrogen-bond donors (Lipinski definition) is 0. The summed E-state index contributed by atoms with van der Waals surface area (Å²) >= 11 is 0. The normalized spacial score (nSPS) is 10.1. The number of benzene rings is 2. The van der Waals surface area contributed by atoms with E-state index in [0.29, 0.717) is 34.5 Å². The highest BCUT2D eigenvalue weighted by Crippen LogP contribution is 2.35. The van der Waals surface area contributed by atoms with E-state index in [0.717, 1.165) is 0 Å². The number of halogens is 1. The van der Waals surface area contributed by atoms with E-state index in [1.807, 2.05) is 0 Å². The fourth-order valence-corrected chi connectivity index (χ4v) is 1.91. The summed E-state index contributed by atoms with van der Waals surface area (Å²) in [6.07, 6.45) is 0.670. The van der Waals surface area contributed by atoms with Crippen molar-refractivity contribution in [2.24, 2.45) is 0 Å². The number of aldehydes is 1. The molecule has 4 heteroatoms. The van der Waals surface area contributed by atoms with Crippen molar-refractivity contribution in [2.75, 3.05) is 14.2 Å². The fraction of sp³-hybridized carbons (Fsp3) is 0.133. The van der Waals surface area contributed by atoms with Gasteiger partial charge in [-0.1, -0.05) is 18.2 Å². The van der Waals surface area contributed by atoms with Crippen molar-refractivity contribution in [1.29, 1.82) is 0 Å². The average molecular weight is 260 g/mol. The molecule has 0 unspecified atom stereocenters. The molecule has 0 atom stereocenters. The van der Waals surface area contributed by atoms with E-state index < -0.39 is 5.82 Å². The van der Waals surface area contributed by atoms with Crippen molar-refractivity contribution in [1.82, 2.24) is 0 Å². The molecule has 0 spiro atoms. The van der Waals surface area contributed by atoms with Gasteiger partial charge in [0.15, 0.2) is 17.8 Å². The average Bonchev–Trinajstić information content (AvgIpc) is 2.46. The van der Waals surface area contributed by atoms with E-state index in [1.165, 1.54) is 26.4 Å². The summed E-state index contributed by atoms with van der Waals surface area (Å²) in [6.45, 7) is 0. The molecule has 0 aliphatic heterocycles. The van der Waals surface area contributed by atoms with Crippen molar-refractivity contribution in [2.45, 2.75) is 0 Å². The Bertz CT molecular complexity index is 608. The summed E-state index contributed by atoms with van der Waals surface area (Å²) < 4.78 is 24.1. The van der Waals surface area contributed by atoms with E-state index in [-0.39, 0.29) is 0 Å². The third-order valence-electron chi connectivity index (χ3n) is 2.85. The third-order valence-corrected chi connectivity index (χ3v) is 2.85. The zero-order chi connectivity index (χ0) is 13.8. The van der Waals surface area contributed by atoms with Gasteiger partial charge in [-0.25, -0.2) is 4.39 Å². The Labute approximate surface area is 110 Å². The Morgan fingerprint density at radius 3 is 2.21 bits per heavy atom. The molecule has 0 saturated heterocycles. The predicted octanol–water partition coefficient (Wildman–Crippen LogP) is 3.32. The molecular formula is C15H13FO3. The van der Waals surface area contributed by atoms with Gasteiger partial charge in [0.05, 0.1) is 14.2 Å². The van der Waals surface area contributed by atoms with Crippen molar-refractivity contribution in [3.63, 3.8) is 0 Å². The standard InChI is InChI=1S/C15H13FO3/c1-18-14-7-10(9-17)12(8-15(14)19-2)11-5-3-4-6-13(11)16/h3-9H,1-2H3. The molecule has 19 heavy (non-hydrogen) atoms. The smallest absolute Gasteiger partial charge is 0.161 e. The Kier molecular flexibility index (Phi) is 3.80. The van der Waals surface area contributed by atoms with Gasteiger partial charge in [0.1, 0.15) is 5.82 Å². The summed E-state index contributed by atoms with van der Waals surface area (Å²) in [7, 11) is 2.97. The summed E-state index contributed by atoms with van der Waals surface area (Å²) in [5.41, 5.74) is 1.18. The summed E-state index contributed by atoms with van der Waals surface area (Å²) in [4.78, 5) is 11.2. The second kappa shape index (κ2) is 5.52. The first-order chi connectivity index (χ1) is 9.21. The van der Waals surface area contributed by atoms with Crippen LogP contribution in [-0.4, -0.2) is 20.5 Å². The largest absolute Gasteiger partial charge is 0.493 e. The summed E-state index contributed by atoms with van der Waals surface area (Å²) in [6, 6.07) is 9.41. The molecule has 0 N–H and O–H groups in total. The maximum atomic E-state index is 13.8. The maximum absolute atomic E-state index is 13.8. The van der Waals surface area contributed by atoms with E-state index in [1.54, 1.807) is 24.3 Å². The minimum absolute atomic E-state index is 0.350. The molecule has 3 nitrogen and oxygen atoms in total.